The van der Waals surface area contributed by atoms with E-state index < -0.39 is 0 Å². The van der Waals surface area contributed by atoms with E-state index in [4.69, 9.17) is 0 Å². The number of likely N-dealkylation sites (tertiary alicyclic amines) is 1. The summed E-state index contributed by atoms with van der Waals surface area (Å²) in [6.45, 7) is 5.65. The van der Waals surface area contributed by atoms with E-state index in [0.717, 1.165) is 25.1 Å². The second-order valence-electron chi connectivity index (χ2n) is 7.38. The molecule has 0 saturated carbocycles. The molecule has 6 heteroatoms. The second-order valence-corrected chi connectivity index (χ2v) is 7.38. The number of aryl methyl sites for hydroxylation is 2. The van der Waals surface area contributed by atoms with Gasteiger partial charge in [-0.1, -0.05) is 18.2 Å². The molecule has 1 saturated heterocycles. The van der Waals surface area contributed by atoms with Crippen molar-refractivity contribution in [2.24, 2.45) is 0 Å². The van der Waals surface area contributed by atoms with Crippen LogP contribution in [0.2, 0.25) is 0 Å². The highest BCUT2D eigenvalue weighted by Gasteiger charge is 2.29. The summed E-state index contributed by atoms with van der Waals surface area (Å²) >= 11 is 0. The highest BCUT2D eigenvalue weighted by atomic mass is 19.1. The van der Waals surface area contributed by atoms with E-state index in [9.17, 15) is 14.0 Å². The Balaban J connectivity index is 1.73. The molecule has 1 aliphatic heterocycles. The first-order valence-electron chi connectivity index (χ1n) is 9.30. The maximum atomic E-state index is 13.9. The lowest BCUT2D eigenvalue weighted by Crippen LogP contribution is -2.49. The predicted molar refractivity (Wildman–Crippen MR) is 103 cm³/mol. The summed E-state index contributed by atoms with van der Waals surface area (Å²) in [6.07, 6.45) is 1.80. The van der Waals surface area contributed by atoms with Crippen LogP contribution in [0.4, 0.5) is 4.39 Å². The molecular formula is C21H26FN3O2. The van der Waals surface area contributed by atoms with Gasteiger partial charge in [-0.05, 0) is 50.9 Å². The first kappa shape index (κ1) is 19.3. The fraction of sp³-hybridized carbons (Fsp3) is 0.429. The third-order valence-corrected chi connectivity index (χ3v) is 5.28. The number of benzene rings is 1. The minimum Gasteiger partial charge on any atom is -0.337 e. The van der Waals surface area contributed by atoms with Gasteiger partial charge in [-0.15, -0.1) is 0 Å². The molecule has 0 spiro atoms. The van der Waals surface area contributed by atoms with E-state index in [2.05, 4.69) is 9.88 Å². The first-order chi connectivity index (χ1) is 12.9. The molecule has 0 bridgehead atoms. The highest BCUT2D eigenvalue weighted by molar-refractivity contribution is 5.95. The summed E-state index contributed by atoms with van der Waals surface area (Å²) in [6, 6.07) is 8.60. The molecule has 3 rings (SSSR count). The topological polar surface area (TPSA) is 56.4 Å². The van der Waals surface area contributed by atoms with E-state index in [1.807, 2.05) is 12.1 Å². The predicted octanol–water partition coefficient (Wildman–Crippen LogP) is 2.87. The van der Waals surface area contributed by atoms with Crippen LogP contribution in [0, 0.1) is 19.7 Å². The van der Waals surface area contributed by atoms with E-state index in [0.29, 0.717) is 24.2 Å². The number of nitrogens with zero attached hydrogens (tertiary/aromatic N) is 2. The number of amides is 1. The Morgan fingerprint density at radius 3 is 2.78 bits per heavy atom. The number of likely N-dealkylation sites (N-methyl/N-ethyl adjacent to an activating group) is 1. The van der Waals surface area contributed by atoms with Crippen LogP contribution < -0.4 is 5.56 Å². The van der Waals surface area contributed by atoms with Crippen LogP contribution in [0.15, 0.2) is 35.1 Å². The number of halogens is 1. The summed E-state index contributed by atoms with van der Waals surface area (Å²) in [4.78, 5) is 31.8. The maximum absolute atomic E-state index is 13.9. The van der Waals surface area contributed by atoms with E-state index in [1.165, 1.54) is 6.07 Å². The largest absolute Gasteiger partial charge is 0.337 e. The Bertz CT molecular complexity index is 893. The summed E-state index contributed by atoms with van der Waals surface area (Å²) < 4.78 is 13.9. The van der Waals surface area contributed by atoms with Crippen molar-refractivity contribution >= 4 is 5.91 Å². The fourth-order valence-electron chi connectivity index (χ4n) is 3.82. The molecule has 1 aromatic heterocycles. The van der Waals surface area contributed by atoms with Crippen LogP contribution in [-0.2, 0) is 6.54 Å². The Kier molecular flexibility index (Phi) is 5.75. The average molecular weight is 371 g/mol. The van der Waals surface area contributed by atoms with Crippen molar-refractivity contribution in [3.63, 3.8) is 0 Å². The number of pyridine rings is 1. The fourth-order valence-corrected chi connectivity index (χ4v) is 3.82. The molecule has 144 valence electrons. The molecule has 2 heterocycles. The molecule has 0 unspecified atom stereocenters. The van der Waals surface area contributed by atoms with Crippen molar-refractivity contribution < 1.29 is 9.18 Å². The number of piperidine rings is 1. The van der Waals surface area contributed by atoms with Gasteiger partial charge >= 0.3 is 0 Å². The molecular weight excluding hydrogens is 345 g/mol. The summed E-state index contributed by atoms with van der Waals surface area (Å²) in [7, 11) is 1.75. The number of hydrogen-bond donors (Lipinski definition) is 1. The lowest BCUT2D eigenvalue weighted by atomic mass is 10.0. The SMILES string of the molecule is Cc1cc(C)c(C(=O)N(C)[C@@H]2CCCN(Cc3ccccc3F)C2)c(=O)[nH]1. The second kappa shape index (κ2) is 8.05. The van der Waals surface area contributed by atoms with Gasteiger partial charge < -0.3 is 9.88 Å². The molecule has 1 aliphatic rings. The zero-order valence-corrected chi connectivity index (χ0v) is 16.1. The smallest absolute Gasteiger partial charge is 0.261 e. The van der Waals surface area contributed by atoms with Gasteiger partial charge in [0.05, 0.1) is 0 Å². The van der Waals surface area contributed by atoms with Crippen LogP contribution in [0.5, 0.6) is 0 Å². The van der Waals surface area contributed by atoms with Crippen LogP contribution >= 0.6 is 0 Å². The molecule has 1 aromatic carbocycles. The van der Waals surface area contributed by atoms with Gasteiger partial charge in [-0.25, -0.2) is 4.39 Å². The molecule has 1 atom stereocenters. The lowest BCUT2D eigenvalue weighted by molar-refractivity contribution is 0.0605. The number of carbonyl (C=O) groups excluding carboxylic acids is 1. The van der Waals surface area contributed by atoms with Gasteiger partial charge in [0.15, 0.2) is 0 Å². The molecule has 1 amide bonds. The minimum atomic E-state index is -0.344. The van der Waals surface area contributed by atoms with E-state index >= 15 is 0 Å². The Morgan fingerprint density at radius 1 is 1.33 bits per heavy atom. The average Bonchev–Trinajstić information content (AvgIpc) is 2.62. The number of carbonyl (C=O) groups is 1. The summed E-state index contributed by atoms with van der Waals surface area (Å²) in [5.41, 5.74) is 1.95. The first-order valence-corrected chi connectivity index (χ1v) is 9.30. The van der Waals surface area contributed by atoms with Crippen molar-refractivity contribution in [1.29, 1.82) is 0 Å². The quantitative estimate of drug-likeness (QED) is 0.899. The van der Waals surface area contributed by atoms with Gasteiger partial charge in [0, 0.05) is 37.4 Å². The number of hydrogen-bond acceptors (Lipinski definition) is 3. The number of H-pyrrole nitrogens is 1. The van der Waals surface area contributed by atoms with E-state index in [-0.39, 0.29) is 28.9 Å². The molecule has 5 nitrogen and oxygen atoms in total. The van der Waals surface area contributed by atoms with Gasteiger partial charge in [0.25, 0.3) is 11.5 Å². The summed E-state index contributed by atoms with van der Waals surface area (Å²) in [5.74, 6) is -0.461. The number of aromatic amines is 1. The van der Waals surface area contributed by atoms with Crippen molar-refractivity contribution in [2.45, 2.75) is 39.3 Å². The third kappa shape index (κ3) is 4.27. The van der Waals surface area contributed by atoms with Crippen LogP contribution in [0.25, 0.3) is 0 Å². The number of rotatable bonds is 4. The van der Waals surface area contributed by atoms with Crippen LogP contribution in [0.1, 0.15) is 40.0 Å². The zero-order chi connectivity index (χ0) is 19.6. The molecule has 0 aliphatic carbocycles. The van der Waals surface area contributed by atoms with Crippen molar-refractivity contribution in [2.75, 3.05) is 20.1 Å². The Morgan fingerprint density at radius 2 is 2.07 bits per heavy atom. The molecule has 2 aromatic rings. The van der Waals surface area contributed by atoms with Gasteiger partial charge in [-0.2, -0.15) is 0 Å². The molecule has 1 fully saturated rings. The van der Waals surface area contributed by atoms with E-state index in [1.54, 1.807) is 37.9 Å². The maximum Gasteiger partial charge on any atom is 0.261 e. The minimum absolute atomic E-state index is 0.00173. The third-order valence-electron chi connectivity index (χ3n) is 5.28. The van der Waals surface area contributed by atoms with Crippen molar-refractivity contribution in [3.8, 4) is 0 Å². The van der Waals surface area contributed by atoms with Crippen LogP contribution in [-0.4, -0.2) is 46.9 Å². The number of nitrogens with one attached hydrogen (secondary N) is 1. The molecule has 27 heavy (non-hydrogen) atoms. The Hall–Kier alpha value is -2.47. The lowest BCUT2D eigenvalue weighted by Gasteiger charge is -2.37. The molecule has 1 N–H and O–H groups in total. The summed E-state index contributed by atoms with van der Waals surface area (Å²) in [5, 5.41) is 0. The number of aromatic nitrogens is 1. The molecule has 0 radical (unpaired) electrons. The van der Waals surface area contributed by atoms with Gasteiger partial charge in [0.2, 0.25) is 0 Å². The standard InChI is InChI=1S/C21H26FN3O2/c1-14-11-15(2)23-20(26)19(14)21(27)24(3)17-8-6-10-25(13-17)12-16-7-4-5-9-18(16)22/h4-5,7,9,11,17H,6,8,10,12-13H2,1-3H3,(H,23,26)/t17-/m1/s1. The highest BCUT2D eigenvalue weighted by Crippen LogP contribution is 2.20. The van der Waals surface area contributed by atoms with Gasteiger partial charge in [-0.3, -0.25) is 14.5 Å². The Labute approximate surface area is 158 Å². The van der Waals surface area contributed by atoms with Crippen LogP contribution in [0.3, 0.4) is 0 Å². The zero-order valence-electron chi connectivity index (χ0n) is 16.1. The normalized spacial score (nSPS) is 17.7. The van der Waals surface area contributed by atoms with Crippen molar-refractivity contribution in [1.82, 2.24) is 14.8 Å². The van der Waals surface area contributed by atoms with Crippen molar-refractivity contribution in [3.05, 3.63) is 68.9 Å². The monoisotopic (exact) mass is 371 g/mol. The van der Waals surface area contributed by atoms with Gasteiger partial charge in [0.1, 0.15) is 11.4 Å².